The van der Waals surface area contributed by atoms with Crippen molar-refractivity contribution in [1.29, 1.82) is 0 Å². The Bertz CT molecular complexity index is 183. The van der Waals surface area contributed by atoms with Crippen molar-refractivity contribution in [2.45, 2.75) is 58.7 Å². The zero-order chi connectivity index (χ0) is 11.6. The first-order valence-corrected chi connectivity index (χ1v) is 6.34. The van der Waals surface area contributed by atoms with Gasteiger partial charge in [-0.15, -0.1) is 0 Å². The molecule has 0 amide bonds. The third kappa shape index (κ3) is 3.46. The minimum absolute atomic E-state index is 0.686. The van der Waals surface area contributed by atoms with E-state index in [1.165, 1.54) is 19.4 Å². The van der Waals surface area contributed by atoms with Gasteiger partial charge in [0.05, 0.1) is 0 Å². The Morgan fingerprint density at radius 2 is 1.53 bits per heavy atom. The Morgan fingerprint density at radius 3 is 1.93 bits per heavy atom. The molecular weight excluding hydrogens is 184 g/mol. The average molecular weight is 212 g/mol. The third-order valence-corrected chi connectivity index (χ3v) is 3.76. The molecule has 1 rings (SSSR count). The van der Waals surface area contributed by atoms with Crippen LogP contribution >= 0.6 is 0 Å². The van der Waals surface area contributed by atoms with Crippen LogP contribution in [0.15, 0.2) is 0 Å². The van der Waals surface area contributed by atoms with Gasteiger partial charge in [0.2, 0.25) is 0 Å². The van der Waals surface area contributed by atoms with Crippen molar-refractivity contribution >= 4 is 0 Å². The van der Waals surface area contributed by atoms with Gasteiger partial charge in [-0.2, -0.15) is 0 Å². The number of rotatable bonds is 5. The first-order valence-electron chi connectivity index (χ1n) is 6.34. The largest absolute Gasteiger partial charge is 0.303 e. The van der Waals surface area contributed by atoms with Crippen molar-refractivity contribution in [2.75, 3.05) is 20.6 Å². The van der Waals surface area contributed by atoms with Crippen LogP contribution in [0.25, 0.3) is 0 Å². The Labute approximate surface area is 95.6 Å². The van der Waals surface area contributed by atoms with E-state index in [-0.39, 0.29) is 0 Å². The number of hydrogen-bond donors (Lipinski definition) is 0. The maximum absolute atomic E-state index is 2.54. The van der Waals surface area contributed by atoms with E-state index in [1.807, 2.05) is 0 Å². The third-order valence-electron chi connectivity index (χ3n) is 3.76. The molecule has 1 fully saturated rings. The minimum atomic E-state index is 0.686. The summed E-state index contributed by atoms with van der Waals surface area (Å²) >= 11 is 0. The molecule has 15 heavy (non-hydrogen) atoms. The maximum Gasteiger partial charge on any atom is 0.0125 e. The smallest absolute Gasteiger partial charge is 0.0125 e. The van der Waals surface area contributed by atoms with Gasteiger partial charge in [0.15, 0.2) is 0 Å². The molecule has 90 valence electrons. The van der Waals surface area contributed by atoms with Gasteiger partial charge in [-0.3, -0.25) is 0 Å². The molecule has 0 radical (unpaired) electrons. The normalized spacial score (nSPS) is 26.8. The Kier molecular flexibility index (Phi) is 4.60. The molecule has 0 aromatic heterocycles. The molecule has 0 aromatic rings. The van der Waals surface area contributed by atoms with Gasteiger partial charge in [-0.25, -0.2) is 0 Å². The lowest BCUT2D eigenvalue weighted by Crippen LogP contribution is -2.54. The molecule has 0 heterocycles. The summed E-state index contributed by atoms with van der Waals surface area (Å²) < 4.78 is 0. The molecule has 0 aliphatic heterocycles. The van der Waals surface area contributed by atoms with Crippen LogP contribution in [-0.2, 0) is 0 Å². The molecule has 0 atom stereocenters. The molecule has 0 aromatic carbocycles. The lowest BCUT2D eigenvalue weighted by molar-refractivity contribution is 0.0365. The summed E-state index contributed by atoms with van der Waals surface area (Å²) in [6.07, 6.45) is 2.72. The molecule has 1 aliphatic carbocycles. The molecule has 0 bridgehead atoms. The highest BCUT2D eigenvalue weighted by Gasteiger charge is 2.35. The number of hydrogen-bond acceptors (Lipinski definition) is 2. The highest BCUT2D eigenvalue weighted by atomic mass is 15.2. The Hall–Kier alpha value is -0.0800. The molecule has 0 saturated heterocycles. The Balaban J connectivity index is 2.25. The fourth-order valence-electron chi connectivity index (χ4n) is 2.40. The van der Waals surface area contributed by atoms with Crippen LogP contribution in [0.2, 0.25) is 0 Å². The highest BCUT2D eigenvalue weighted by molar-refractivity contribution is 4.92. The van der Waals surface area contributed by atoms with Crippen LogP contribution in [0.3, 0.4) is 0 Å². The van der Waals surface area contributed by atoms with Crippen molar-refractivity contribution in [3.8, 4) is 0 Å². The van der Waals surface area contributed by atoms with Gasteiger partial charge >= 0.3 is 0 Å². The predicted octanol–water partition coefficient (Wildman–Crippen LogP) is 2.45. The summed E-state index contributed by atoms with van der Waals surface area (Å²) in [5.74, 6) is 0.789. The van der Waals surface area contributed by atoms with Crippen LogP contribution < -0.4 is 0 Å². The fourth-order valence-corrected chi connectivity index (χ4v) is 2.40. The van der Waals surface area contributed by atoms with Gasteiger partial charge in [-0.05, 0) is 46.7 Å². The molecular formula is C13H28N2. The van der Waals surface area contributed by atoms with Crippen LogP contribution in [0.5, 0.6) is 0 Å². The highest BCUT2D eigenvalue weighted by Crippen LogP contribution is 2.29. The van der Waals surface area contributed by atoms with Crippen molar-refractivity contribution in [3.05, 3.63) is 0 Å². The van der Waals surface area contributed by atoms with E-state index >= 15 is 0 Å². The number of nitrogens with zero attached hydrogens (tertiary/aromatic N) is 2. The van der Waals surface area contributed by atoms with E-state index in [0.717, 1.165) is 18.0 Å². The average Bonchev–Trinajstić information content (AvgIpc) is 1.99. The topological polar surface area (TPSA) is 6.48 Å². The fraction of sp³-hybridized carbons (Fsp3) is 1.00. The summed E-state index contributed by atoms with van der Waals surface area (Å²) in [5, 5.41) is 0. The van der Waals surface area contributed by atoms with Crippen molar-refractivity contribution in [1.82, 2.24) is 9.80 Å². The minimum Gasteiger partial charge on any atom is -0.303 e. The van der Waals surface area contributed by atoms with Crippen LogP contribution in [0.4, 0.5) is 0 Å². The lowest BCUT2D eigenvalue weighted by Gasteiger charge is -2.47. The second-order valence-corrected chi connectivity index (χ2v) is 5.87. The van der Waals surface area contributed by atoms with Crippen molar-refractivity contribution in [3.63, 3.8) is 0 Å². The van der Waals surface area contributed by atoms with Gasteiger partial charge in [0, 0.05) is 24.7 Å². The lowest BCUT2D eigenvalue weighted by atomic mass is 9.84. The standard InChI is InChI=1S/C13H28N2/c1-10(2)9-14(5)12-7-13(8-12)15(6)11(3)4/h10-13H,7-9H2,1-6H3. The molecule has 1 aliphatic rings. The monoisotopic (exact) mass is 212 g/mol. The second-order valence-electron chi connectivity index (χ2n) is 5.87. The van der Waals surface area contributed by atoms with Gasteiger partial charge < -0.3 is 9.80 Å². The van der Waals surface area contributed by atoms with E-state index in [9.17, 15) is 0 Å². The SMILES string of the molecule is CC(C)CN(C)C1CC(N(C)C(C)C)C1. The second kappa shape index (κ2) is 5.31. The van der Waals surface area contributed by atoms with Gasteiger partial charge in [0.1, 0.15) is 0 Å². The molecule has 2 heteroatoms. The first-order chi connectivity index (χ1) is 6.91. The van der Waals surface area contributed by atoms with E-state index in [1.54, 1.807) is 0 Å². The maximum atomic E-state index is 2.54. The van der Waals surface area contributed by atoms with Crippen molar-refractivity contribution in [2.24, 2.45) is 5.92 Å². The zero-order valence-electron chi connectivity index (χ0n) is 11.3. The zero-order valence-corrected chi connectivity index (χ0v) is 11.3. The van der Waals surface area contributed by atoms with Crippen LogP contribution in [0, 0.1) is 5.92 Å². The van der Waals surface area contributed by atoms with Gasteiger partial charge in [0.25, 0.3) is 0 Å². The predicted molar refractivity (Wildman–Crippen MR) is 67.2 cm³/mol. The summed E-state index contributed by atoms with van der Waals surface area (Å²) in [6.45, 7) is 10.4. The van der Waals surface area contributed by atoms with E-state index in [4.69, 9.17) is 0 Å². The van der Waals surface area contributed by atoms with Crippen LogP contribution in [0.1, 0.15) is 40.5 Å². The summed E-state index contributed by atoms with van der Waals surface area (Å²) in [6, 6.07) is 2.34. The van der Waals surface area contributed by atoms with E-state index in [0.29, 0.717) is 6.04 Å². The molecule has 1 saturated carbocycles. The van der Waals surface area contributed by atoms with E-state index < -0.39 is 0 Å². The molecule has 2 nitrogen and oxygen atoms in total. The van der Waals surface area contributed by atoms with E-state index in [2.05, 4.69) is 51.6 Å². The summed E-state index contributed by atoms with van der Waals surface area (Å²) in [7, 11) is 4.53. The van der Waals surface area contributed by atoms with Crippen LogP contribution in [-0.4, -0.2) is 48.6 Å². The Morgan fingerprint density at radius 1 is 1.00 bits per heavy atom. The van der Waals surface area contributed by atoms with Crippen molar-refractivity contribution < 1.29 is 0 Å². The molecule has 0 unspecified atom stereocenters. The molecule has 0 N–H and O–H groups in total. The van der Waals surface area contributed by atoms with Gasteiger partial charge in [-0.1, -0.05) is 13.8 Å². The molecule has 0 spiro atoms. The summed E-state index contributed by atoms with van der Waals surface area (Å²) in [4.78, 5) is 5.05. The summed E-state index contributed by atoms with van der Waals surface area (Å²) in [5.41, 5.74) is 0. The quantitative estimate of drug-likeness (QED) is 0.690. The first kappa shape index (κ1) is 13.0.